The smallest absolute Gasteiger partial charge is 0.0885 e. The first-order chi connectivity index (χ1) is 6.89. The molecule has 3 rings (SSSR count). The van der Waals surface area contributed by atoms with E-state index in [0.29, 0.717) is 11.8 Å². The summed E-state index contributed by atoms with van der Waals surface area (Å²) in [5.41, 5.74) is 1.15. The van der Waals surface area contributed by atoms with E-state index in [1.807, 2.05) is 18.2 Å². The fraction of sp³-hybridized carbons (Fsp3) is 0.462. The van der Waals surface area contributed by atoms with Crippen molar-refractivity contribution < 1.29 is 0 Å². The van der Waals surface area contributed by atoms with Crippen molar-refractivity contribution >= 4 is 0 Å². The van der Waals surface area contributed by atoms with Crippen LogP contribution in [0.2, 0.25) is 0 Å². The van der Waals surface area contributed by atoms with Gasteiger partial charge in [0.15, 0.2) is 0 Å². The average Bonchev–Trinajstić information content (AvgIpc) is 2.62. The molecule has 2 saturated carbocycles. The SMILES string of the molecule is N#CC1(c2ccccc2)[C@@H]2CCC[C@@H]21. The van der Waals surface area contributed by atoms with Crippen molar-refractivity contribution in [2.45, 2.75) is 24.7 Å². The number of nitrogens with zero attached hydrogens (tertiary/aromatic N) is 1. The van der Waals surface area contributed by atoms with E-state index in [-0.39, 0.29) is 5.41 Å². The van der Waals surface area contributed by atoms with Gasteiger partial charge in [0.25, 0.3) is 0 Å². The number of nitriles is 1. The van der Waals surface area contributed by atoms with Crippen LogP contribution in [0.5, 0.6) is 0 Å². The molecule has 14 heavy (non-hydrogen) atoms. The summed E-state index contributed by atoms with van der Waals surface area (Å²) in [4.78, 5) is 0. The first-order valence-corrected chi connectivity index (χ1v) is 5.36. The molecule has 0 aliphatic heterocycles. The molecule has 3 atom stereocenters. The lowest BCUT2D eigenvalue weighted by Gasteiger charge is -2.12. The van der Waals surface area contributed by atoms with Crippen LogP contribution < -0.4 is 0 Å². The fourth-order valence-corrected chi connectivity index (χ4v) is 3.33. The third kappa shape index (κ3) is 0.792. The summed E-state index contributed by atoms with van der Waals surface area (Å²) < 4.78 is 0. The zero-order valence-electron chi connectivity index (χ0n) is 8.11. The molecule has 0 bridgehead atoms. The Hall–Kier alpha value is -1.29. The van der Waals surface area contributed by atoms with Gasteiger partial charge in [-0.05, 0) is 30.2 Å². The third-order valence-corrected chi connectivity index (χ3v) is 4.01. The molecule has 2 fully saturated rings. The predicted molar refractivity (Wildman–Crippen MR) is 54.6 cm³/mol. The van der Waals surface area contributed by atoms with Crippen molar-refractivity contribution in [3.8, 4) is 6.07 Å². The second kappa shape index (κ2) is 2.60. The second-order valence-corrected chi connectivity index (χ2v) is 4.49. The maximum absolute atomic E-state index is 9.37. The highest BCUT2D eigenvalue weighted by Gasteiger charge is 2.67. The Morgan fingerprint density at radius 2 is 1.79 bits per heavy atom. The molecule has 0 amide bonds. The van der Waals surface area contributed by atoms with Crippen molar-refractivity contribution in [3.05, 3.63) is 35.9 Å². The van der Waals surface area contributed by atoms with Gasteiger partial charge in [-0.3, -0.25) is 0 Å². The Morgan fingerprint density at radius 3 is 2.36 bits per heavy atom. The molecule has 2 aliphatic rings. The largest absolute Gasteiger partial charge is 0.197 e. The van der Waals surface area contributed by atoms with Crippen LogP contribution in [0.25, 0.3) is 0 Å². The second-order valence-electron chi connectivity index (χ2n) is 4.49. The summed E-state index contributed by atoms with van der Waals surface area (Å²) in [6, 6.07) is 12.9. The van der Waals surface area contributed by atoms with Crippen molar-refractivity contribution in [3.63, 3.8) is 0 Å². The Morgan fingerprint density at radius 1 is 1.14 bits per heavy atom. The first-order valence-electron chi connectivity index (χ1n) is 5.36. The van der Waals surface area contributed by atoms with E-state index in [0.717, 1.165) is 0 Å². The average molecular weight is 183 g/mol. The van der Waals surface area contributed by atoms with E-state index in [2.05, 4.69) is 18.2 Å². The number of fused-ring (bicyclic) bond motifs is 1. The quantitative estimate of drug-likeness (QED) is 0.656. The number of hydrogen-bond donors (Lipinski definition) is 0. The monoisotopic (exact) mass is 183 g/mol. The van der Waals surface area contributed by atoms with Crippen LogP contribution in [0.4, 0.5) is 0 Å². The van der Waals surface area contributed by atoms with Crippen LogP contribution in [0.3, 0.4) is 0 Å². The maximum atomic E-state index is 9.37. The van der Waals surface area contributed by atoms with Crippen LogP contribution in [-0.2, 0) is 5.41 Å². The highest BCUT2D eigenvalue weighted by molar-refractivity contribution is 5.45. The van der Waals surface area contributed by atoms with Gasteiger partial charge in [-0.15, -0.1) is 0 Å². The molecule has 2 aliphatic carbocycles. The van der Waals surface area contributed by atoms with Gasteiger partial charge in [-0.1, -0.05) is 36.8 Å². The summed E-state index contributed by atoms with van der Waals surface area (Å²) in [7, 11) is 0. The molecule has 1 unspecified atom stereocenters. The van der Waals surface area contributed by atoms with Crippen LogP contribution in [0.15, 0.2) is 30.3 Å². The first kappa shape index (κ1) is 8.05. The minimum atomic E-state index is -0.0977. The van der Waals surface area contributed by atoms with Gasteiger partial charge in [0.05, 0.1) is 11.5 Å². The molecule has 1 aromatic carbocycles. The molecule has 0 spiro atoms. The lowest BCUT2D eigenvalue weighted by molar-refractivity contribution is 0.605. The zero-order chi connectivity index (χ0) is 9.60. The van der Waals surface area contributed by atoms with E-state index in [1.54, 1.807) is 0 Å². The van der Waals surface area contributed by atoms with Gasteiger partial charge in [-0.25, -0.2) is 0 Å². The molecule has 0 heterocycles. The van der Waals surface area contributed by atoms with Gasteiger partial charge in [0.2, 0.25) is 0 Å². The molecular formula is C13H13N. The zero-order valence-corrected chi connectivity index (χ0v) is 8.11. The molecule has 0 radical (unpaired) electrons. The summed E-state index contributed by atoms with van der Waals surface area (Å²) in [5.74, 6) is 1.32. The molecule has 1 nitrogen and oxygen atoms in total. The van der Waals surface area contributed by atoms with Crippen molar-refractivity contribution in [1.29, 1.82) is 5.26 Å². The van der Waals surface area contributed by atoms with Gasteiger partial charge in [0.1, 0.15) is 0 Å². The van der Waals surface area contributed by atoms with E-state index < -0.39 is 0 Å². The summed E-state index contributed by atoms with van der Waals surface area (Å²) >= 11 is 0. The Kier molecular flexibility index (Phi) is 1.50. The summed E-state index contributed by atoms with van der Waals surface area (Å²) in [6.45, 7) is 0. The Balaban J connectivity index is 2.03. The predicted octanol–water partition coefficient (Wildman–Crippen LogP) is 2.88. The Labute approximate surface area is 84.4 Å². The topological polar surface area (TPSA) is 23.8 Å². The van der Waals surface area contributed by atoms with Crippen molar-refractivity contribution in [1.82, 2.24) is 0 Å². The van der Waals surface area contributed by atoms with Gasteiger partial charge >= 0.3 is 0 Å². The maximum Gasteiger partial charge on any atom is 0.0885 e. The highest BCUT2D eigenvalue weighted by atomic mass is 14.7. The van der Waals surface area contributed by atoms with Gasteiger partial charge in [-0.2, -0.15) is 5.26 Å². The molecule has 0 saturated heterocycles. The van der Waals surface area contributed by atoms with Crippen LogP contribution >= 0.6 is 0 Å². The normalized spacial score (nSPS) is 38.8. The van der Waals surface area contributed by atoms with Crippen molar-refractivity contribution in [2.24, 2.45) is 11.8 Å². The molecular weight excluding hydrogens is 170 g/mol. The number of hydrogen-bond acceptors (Lipinski definition) is 1. The number of rotatable bonds is 1. The highest BCUT2D eigenvalue weighted by Crippen LogP contribution is 2.67. The van der Waals surface area contributed by atoms with Gasteiger partial charge < -0.3 is 0 Å². The molecule has 0 N–H and O–H groups in total. The van der Waals surface area contributed by atoms with Crippen LogP contribution in [0.1, 0.15) is 24.8 Å². The standard InChI is InChI=1S/C13H13N/c14-9-13(10-5-2-1-3-6-10)11-7-4-8-12(11)13/h1-3,5-6,11-12H,4,7-8H2/t11-,12+,13?. The van der Waals surface area contributed by atoms with Gasteiger partial charge in [0, 0.05) is 0 Å². The molecule has 70 valence electrons. The van der Waals surface area contributed by atoms with E-state index in [9.17, 15) is 5.26 Å². The lowest BCUT2D eigenvalue weighted by Crippen LogP contribution is -2.11. The number of benzene rings is 1. The van der Waals surface area contributed by atoms with E-state index in [4.69, 9.17) is 0 Å². The summed E-state index contributed by atoms with van der Waals surface area (Å²) in [5, 5.41) is 9.37. The van der Waals surface area contributed by atoms with Crippen molar-refractivity contribution in [2.75, 3.05) is 0 Å². The lowest BCUT2D eigenvalue weighted by atomic mass is 9.89. The Bertz CT molecular complexity index is 377. The summed E-state index contributed by atoms with van der Waals surface area (Å²) in [6.07, 6.45) is 3.84. The molecule has 1 heteroatoms. The molecule has 0 aromatic heterocycles. The van der Waals surface area contributed by atoms with E-state index in [1.165, 1.54) is 24.8 Å². The molecule has 1 aromatic rings. The minimum absolute atomic E-state index is 0.0977. The minimum Gasteiger partial charge on any atom is -0.197 e. The third-order valence-electron chi connectivity index (χ3n) is 4.01. The fourth-order valence-electron chi connectivity index (χ4n) is 3.33. The van der Waals surface area contributed by atoms with Crippen LogP contribution in [0, 0.1) is 23.2 Å². The van der Waals surface area contributed by atoms with E-state index >= 15 is 0 Å². The van der Waals surface area contributed by atoms with Crippen LogP contribution in [-0.4, -0.2) is 0 Å².